The molecule has 2 saturated carbocycles. The van der Waals surface area contributed by atoms with E-state index in [0.29, 0.717) is 24.8 Å². The van der Waals surface area contributed by atoms with Crippen LogP contribution in [0.5, 0.6) is 0 Å². The molecular formula is C11H18N2O2. The van der Waals surface area contributed by atoms with Gasteiger partial charge in [-0.15, -0.1) is 0 Å². The largest absolute Gasteiger partial charge is 0.356 e. The second-order valence-electron chi connectivity index (χ2n) is 4.59. The van der Waals surface area contributed by atoms with Gasteiger partial charge in [0.25, 0.3) is 0 Å². The molecule has 2 amide bonds. The predicted octanol–water partition coefficient (Wildman–Crippen LogP) is 0.571. The van der Waals surface area contributed by atoms with Crippen LogP contribution in [-0.2, 0) is 9.59 Å². The first-order valence-electron chi connectivity index (χ1n) is 5.80. The third-order valence-corrected chi connectivity index (χ3v) is 2.81. The quantitative estimate of drug-likeness (QED) is 0.673. The summed E-state index contributed by atoms with van der Waals surface area (Å²) in [5.74, 6) is 0.723. The predicted molar refractivity (Wildman–Crippen MR) is 56.1 cm³/mol. The Morgan fingerprint density at radius 1 is 1.00 bits per heavy atom. The van der Waals surface area contributed by atoms with Gasteiger partial charge < -0.3 is 10.6 Å². The lowest BCUT2D eigenvalue weighted by Gasteiger charge is -2.04. The maximum Gasteiger partial charge on any atom is 0.220 e. The smallest absolute Gasteiger partial charge is 0.220 e. The van der Waals surface area contributed by atoms with Crippen molar-refractivity contribution in [3.63, 3.8) is 0 Å². The molecule has 4 nitrogen and oxygen atoms in total. The molecule has 2 N–H and O–H groups in total. The average Bonchev–Trinajstić information content (AvgIpc) is 3.04. The lowest BCUT2D eigenvalue weighted by molar-refractivity contribution is -0.126. The normalized spacial score (nSPS) is 19.7. The Bertz CT molecular complexity index is 257. The second-order valence-corrected chi connectivity index (χ2v) is 4.59. The van der Waals surface area contributed by atoms with Crippen LogP contribution in [-0.4, -0.2) is 24.4 Å². The van der Waals surface area contributed by atoms with Crippen molar-refractivity contribution < 1.29 is 9.59 Å². The Morgan fingerprint density at radius 2 is 1.67 bits per heavy atom. The maximum absolute atomic E-state index is 11.3. The molecular weight excluding hydrogens is 192 g/mol. The number of carbonyl (C=O) groups is 2. The molecule has 0 bridgehead atoms. The molecule has 2 fully saturated rings. The van der Waals surface area contributed by atoms with Gasteiger partial charge in [-0.25, -0.2) is 0 Å². The zero-order chi connectivity index (χ0) is 10.7. The third kappa shape index (κ3) is 4.32. The summed E-state index contributed by atoms with van der Waals surface area (Å²) >= 11 is 0. The molecule has 2 rings (SSSR count). The molecule has 2 aliphatic rings. The minimum absolute atomic E-state index is 0.00727. The van der Waals surface area contributed by atoms with Crippen molar-refractivity contribution in [1.29, 1.82) is 0 Å². The van der Waals surface area contributed by atoms with E-state index in [4.69, 9.17) is 0 Å². The van der Waals surface area contributed by atoms with Crippen molar-refractivity contribution in [2.45, 2.75) is 44.6 Å². The van der Waals surface area contributed by atoms with Crippen LogP contribution >= 0.6 is 0 Å². The fourth-order valence-corrected chi connectivity index (χ4v) is 1.42. The molecule has 0 saturated heterocycles. The average molecular weight is 210 g/mol. The van der Waals surface area contributed by atoms with E-state index in [-0.39, 0.29) is 11.8 Å². The van der Waals surface area contributed by atoms with Crippen LogP contribution in [0.3, 0.4) is 0 Å². The van der Waals surface area contributed by atoms with Crippen LogP contribution in [0.4, 0.5) is 0 Å². The van der Waals surface area contributed by atoms with Crippen molar-refractivity contribution in [3.05, 3.63) is 0 Å². The highest BCUT2D eigenvalue weighted by atomic mass is 16.2. The van der Waals surface area contributed by atoms with Gasteiger partial charge in [0.2, 0.25) is 11.8 Å². The number of hydrogen-bond donors (Lipinski definition) is 2. The van der Waals surface area contributed by atoms with Crippen molar-refractivity contribution in [2.75, 3.05) is 6.54 Å². The van der Waals surface area contributed by atoms with E-state index >= 15 is 0 Å². The monoisotopic (exact) mass is 210 g/mol. The molecule has 0 aromatic carbocycles. The summed E-state index contributed by atoms with van der Waals surface area (Å²) in [7, 11) is 0. The van der Waals surface area contributed by atoms with Gasteiger partial charge >= 0.3 is 0 Å². The molecule has 0 aliphatic heterocycles. The molecule has 0 radical (unpaired) electrons. The lowest BCUT2D eigenvalue weighted by atomic mass is 10.2. The van der Waals surface area contributed by atoms with Crippen LogP contribution < -0.4 is 10.6 Å². The molecule has 0 aromatic rings. The molecule has 2 aliphatic carbocycles. The highest BCUT2D eigenvalue weighted by Gasteiger charge is 2.24. The van der Waals surface area contributed by atoms with Crippen LogP contribution in [0.1, 0.15) is 38.5 Å². The zero-order valence-corrected chi connectivity index (χ0v) is 8.92. The number of amides is 2. The third-order valence-electron chi connectivity index (χ3n) is 2.81. The van der Waals surface area contributed by atoms with Gasteiger partial charge in [-0.05, 0) is 31.6 Å². The van der Waals surface area contributed by atoms with Crippen molar-refractivity contribution in [3.8, 4) is 0 Å². The van der Waals surface area contributed by atoms with Crippen molar-refractivity contribution in [1.82, 2.24) is 10.6 Å². The van der Waals surface area contributed by atoms with Crippen molar-refractivity contribution in [2.24, 2.45) is 5.92 Å². The first-order valence-corrected chi connectivity index (χ1v) is 5.80. The van der Waals surface area contributed by atoms with E-state index in [9.17, 15) is 9.59 Å². The van der Waals surface area contributed by atoms with Gasteiger partial charge in [0.1, 0.15) is 0 Å². The molecule has 4 heteroatoms. The first-order chi connectivity index (χ1) is 7.24. The fraction of sp³-hybridized carbons (Fsp3) is 0.818. The van der Waals surface area contributed by atoms with Gasteiger partial charge in [0, 0.05) is 25.4 Å². The lowest BCUT2D eigenvalue weighted by Crippen LogP contribution is -2.29. The zero-order valence-electron chi connectivity index (χ0n) is 8.92. The molecule has 84 valence electrons. The molecule has 0 heterocycles. The van der Waals surface area contributed by atoms with Gasteiger partial charge in [0.05, 0.1) is 0 Å². The van der Waals surface area contributed by atoms with Gasteiger partial charge in [-0.1, -0.05) is 0 Å². The summed E-state index contributed by atoms with van der Waals surface area (Å²) in [4.78, 5) is 22.5. The van der Waals surface area contributed by atoms with E-state index in [2.05, 4.69) is 10.6 Å². The summed E-state index contributed by atoms with van der Waals surface area (Å²) in [6.07, 6.45) is 5.32. The molecule has 0 atom stereocenters. The number of nitrogens with one attached hydrogen (secondary N) is 2. The standard InChI is InChI=1S/C11H18N2O2/c14-10(12-7-8-1-2-8)5-6-11(15)13-9-3-4-9/h8-9H,1-7H2,(H,12,14)(H,13,15). The highest BCUT2D eigenvalue weighted by molar-refractivity contribution is 5.83. The van der Waals surface area contributed by atoms with Crippen LogP contribution in [0.2, 0.25) is 0 Å². The summed E-state index contributed by atoms with van der Waals surface area (Å²) in [5, 5.41) is 5.72. The van der Waals surface area contributed by atoms with Crippen molar-refractivity contribution >= 4 is 11.8 Å². The van der Waals surface area contributed by atoms with Crippen LogP contribution in [0.25, 0.3) is 0 Å². The number of carbonyl (C=O) groups excluding carboxylic acids is 2. The van der Waals surface area contributed by atoms with E-state index in [0.717, 1.165) is 19.4 Å². The Balaban J connectivity index is 1.50. The molecule has 0 unspecified atom stereocenters. The molecule has 0 aromatic heterocycles. The minimum atomic E-state index is 0.00727. The summed E-state index contributed by atoms with van der Waals surface area (Å²) in [6, 6.07) is 0.395. The van der Waals surface area contributed by atoms with Gasteiger partial charge in [-0.2, -0.15) is 0 Å². The maximum atomic E-state index is 11.3. The fourth-order valence-electron chi connectivity index (χ4n) is 1.42. The number of rotatable bonds is 6. The minimum Gasteiger partial charge on any atom is -0.356 e. The van der Waals surface area contributed by atoms with Crippen LogP contribution in [0, 0.1) is 5.92 Å². The SMILES string of the molecule is O=C(CCC(=O)NC1CC1)NCC1CC1. The Hall–Kier alpha value is -1.06. The molecule has 0 spiro atoms. The summed E-state index contributed by atoms with van der Waals surface area (Å²) < 4.78 is 0. The number of hydrogen-bond acceptors (Lipinski definition) is 2. The van der Waals surface area contributed by atoms with E-state index in [1.807, 2.05) is 0 Å². The summed E-state index contributed by atoms with van der Waals surface area (Å²) in [5.41, 5.74) is 0. The Morgan fingerprint density at radius 3 is 2.27 bits per heavy atom. The topological polar surface area (TPSA) is 58.2 Å². The second kappa shape index (κ2) is 4.64. The Kier molecular flexibility index (Phi) is 3.23. The Labute approximate surface area is 89.8 Å². The van der Waals surface area contributed by atoms with Crippen LogP contribution in [0.15, 0.2) is 0 Å². The molecule has 15 heavy (non-hydrogen) atoms. The van der Waals surface area contributed by atoms with E-state index in [1.54, 1.807) is 0 Å². The van der Waals surface area contributed by atoms with Gasteiger partial charge in [-0.3, -0.25) is 9.59 Å². The first kappa shape index (κ1) is 10.5. The van der Waals surface area contributed by atoms with E-state index < -0.39 is 0 Å². The summed E-state index contributed by atoms with van der Waals surface area (Å²) in [6.45, 7) is 0.795. The van der Waals surface area contributed by atoms with E-state index in [1.165, 1.54) is 12.8 Å². The highest BCUT2D eigenvalue weighted by Crippen LogP contribution is 2.27. The van der Waals surface area contributed by atoms with Gasteiger partial charge in [0.15, 0.2) is 0 Å².